The molecule has 0 bridgehead atoms. The molecule has 1 aliphatic carbocycles. The Hall–Kier alpha value is -2.41. The quantitative estimate of drug-likeness (QED) is 0.0171. The number of allylic oxidation sites excluding steroid dienone is 8. The van der Waals surface area contributed by atoms with Crippen LogP contribution in [0.5, 0.6) is 0 Å². The summed E-state index contributed by atoms with van der Waals surface area (Å²) >= 11 is 0. The van der Waals surface area contributed by atoms with E-state index in [1.807, 2.05) is 6.08 Å². The number of aliphatic hydroxyl groups excluding tert-OH is 3. The summed E-state index contributed by atoms with van der Waals surface area (Å²) in [6, 6.07) is 0. The van der Waals surface area contributed by atoms with Gasteiger partial charge < -0.3 is 35.4 Å². The lowest BCUT2D eigenvalue weighted by atomic mass is 9.88. The third kappa shape index (κ3) is 30.6. The highest BCUT2D eigenvalue weighted by atomic mass is 31.2. The molecule has 1 saturated carbocycles. The van der Waals surface area contributed by atoms with E-state index in [0.717, 1.165) is 77.0 Å². The van der Waals surface area contributed by atoms with E-state index in [0.29, 0.717) is 32.1 Å². The molecule has 0 saturated heterocycles. The van der Waals surface area contributed by atoms with Crippen molar-refractivity contribution in [2.24, 2.45) is 17.6 Å². The number of carbonyl (C=O) groups excluding carboxylic acids is 2. The number of nitrogens with two attached hydrogens (primary N) is 1. The number of esters is 2. The van der Waals surface area contributed by atoms with Crippen LogP contribution in [0.2, 0.25) is 0 Å². The predicted octanol–water partition coefficient (Wildman–Crippen LogP) is 9.66. The van der Waals surface area contributed by atoms with Gasteiger partial charge in [0.05, 0.1) is 31.5 Å². The Balaban J connectivity index is 2.38. The Kier molecular flexibility index (Phi) is 34.5. The summed E-state index contributed by atoms with van der Waals surface area (Å²) in [6.07, 6.45) is 37.4. The molecule has 0 aliphatic heterocycles. The van der Waals surface area contributed by atoms with Gasteiger partial charge in [-0.25, -0.2) is 4.57 Å². The maximum absolute atomic E-state index is 12.7. The molecular formula is C47H82NO11P. The Labute approximate surface area is 362 Å². The highest BCUT2D eigenvalue weighted by molar-refractivity contribution is 7.47. The number of phosphoric ester groups is 1. The van der Waals surface area contributed by atoms with E-state index in [1.165, 1.54) is 25.7 Å². The summed E-state index contributed by atoms with van der Waals surface area (Å²) in [5.41, 5.74) is 5.35. The van der Waals surface area contributed by atoms with Crippen LogP contribution in [-0.2, 0) is 32.7 Å². The van der Waals surface area contributed by atoms with Crippen LogP contribution in [0.4, 0.5) is 0 Å². The standard InChI is InChI=1S/C47H82NO11P/c1-3-5-7-8-9-10-11-12-13-14-15-16-17-18-19-20-21-22-27-31-46(52)56-38-41(39-58-60(54,55)57-36-35-48)59-47(53)32-28-24-23-26-30-42-43(45(51)37-44(42)50)34-33-40(49)29-25-6-4-2/h9-10,12-13,15-16,18-19,33-34,40-45,49-51H,3-8,11,14,17,20-32,35-39,48H2,1-2H3,(H,54,55)/b10-9-,13-12-,16-15-,19-18-,34-33+/t40-,41+,42+,43+,44-,45+/m0/s1. The van der Waals surface area contributed by atoms with E-state index in [1.54, 1.807) is 6.08 Å². The molecule has 0 amide bonds. The van der Waals surface area contributed by atoms with Gasteiger partial charge in [-0.05, 0) is 76.5 Å². The number of phosphoric acid groups is 1. The first-order valence-electron chi connectivity index (χ1n) is 23.0. The van der Waals surface area contributed by atoms with Gasteiger partial charge in [-0.15, -0.1) is 0 Å². The van der Waals surface area contributed by atoms with E-state index >= 15 is 0 Å². The first-order chi connectivity index (χ1) is 29.0. The minimum absolute atomic E-state index is 0.0116. The van der Waals surface area contributed by atoms with Gasteiger partial charge in [-0.2, -0.15) is 0 Å². The zero-order valence-corrected chi connectivity index (χ0v) is 37.9. The number of carbonyl (C=O) groups is 2. The summed E-state index contributed by atoms with van der Waals surface area (Å²) in [6.45, 7) is 3.31. The summed E-state index contributed by atoms with van der Waals surface area (Å²) in [5.74, 6) is -1.31. The maximum atomic E-state index is 12.7. The highest BCUT2D eigenvalue weighted by Gasteiger charge is 2.39. The van der Waals surface area contributed by atoms with Crippen molar-refractivity contribution in [3.05, 3.63) is 60.8 Å². The highest BCUT2D eigenvalue weighted by Crippen LogP contribution is 2.43. The molecule has 1 fully saturated rings. The molecule has 0 heterocycles. The van der Waals surface area contributed by atoms with Crippen LogP contribution in [0.1, 0.15) is 162 Å². The van der Waals surface area contributed by atoms with Gasteiger partial charge in [0.15, 0.2) is 6.10 Å². The van der Waals surface area contributed by atoms with Gasteiger partial charge in [0.2, 0.25) is 0 Å². The van der Waals surface area contributed by atoms with Crippen molar-refractivity contribution < 1.29 is 52.9 Å². The first-order valence-corrected chi connectivity index (χ1v) is 24.5. The van der Waals surface area contributed by atoms with Gasteiger partial charge in [0.1, 0.15) is 6.61 Å². The van der Waals surface area contributed by atoms with Crippen molar-refractivity contribution in [1.29, 1.82) is 0 Å². The fourth-order valence-corrected chi connectivity index (χ4v) is 7.77. The summed E-state index contributed by atoms with van der Waals surface area (Å²) in [7, 11) is -4.45. The molecule has 13 heteroatoms. The normalized spacial score (nSPS) is 20.6. The Morgan fingerprint density at radius 1 is 0.717 bits per heavy atom. The zero-order valence-electron chi connectivity index (χ0n) is 37.0. The fraction of sp³-hybridized carbons (Fsp3) is 0.745. The second kappa shape index (κ2) is 37.2. The minimum Gasteiger partial charge on any atom is -0.462 e. The minimum atomic E-state index is -4.45. The lowest BCUT2D eigenvalue weighted by molar-refractivity contribution is -0.161. The second-order valence-electron chi connectivity index (χ2n) is 15.9. The topological polar surface area (TPSA) is 195 Å². The first kappa shape index (κ1) is 55.6. The molecule has 0 aromatic carbocycles. The van der Waals surface area contributed by atoms with Crippen LogP contribution in [-0.4, -0.2) is 82.9 Å². The number of aliphatic hydroxyl groups is 3. The average Bonchev–Trinajstić information content (AvgIpc) is 3.49. The number of unbranched alkanes of at least 4 members (excludes halogenated alkanes) is 11. The van der Waals surface area contributed by atoms with Crippen LogP contribution in [0.3, 0.4) is 0 Å². The third-order valence-corrected chi connectivity index (χ3v) is 11.5. The van der Waals surface area contributed by atoms with Crippen LogP contribution >= 0.6 is 7.82 Å². The Morgan fingerprint density at radius 3 is 1.92 bits per heavy atom. The average molecular weight is 868 g/mol. The number of hydrogen-bond donors (Lipinski definition) is 5. The largest absolute Gasteiger partial charge is 0.472 e. The monoisotopic (exact) mass is 868 g/mol. The third-order valence-electron chi connectivity index (χ3n) is 10.5. The smallest absolute Gasteiger partial charge is 0.462 e. The number of hydrogen-bond acceptors (Lipinski definition) is 11. The molecule has 0 spiro atoms. The van der Waals surface area contributed by atoms with Crippen molar-refractivity contribution in [2.45, 2.75) is 186 Å². The van der Waals surface area contributed by atoms with Gasteiger partial charge in [-0.3, -0.25) is 18.6 Å². The number of ether oxygens (including phenoxy) is 2. The molecule has 0 aromatic heterocycles. The molecule has 1 rings (SSSR count). The fourth-order valence-electron chi connectivity index (χ4n) is 7.01. The van der Waals surface area contributed by atoms with Crippen LogP contribution in [0.15, 0.2) is 60.8 Å². The molecule has 1 aliphatic rings. The van der Waals surface area contributed by atoms with Crippen molar-refractivity contribution in [2.75, 3.05) is 26.4 Å². The SMILES string of the molecule is CCCCC/C=C\C/C=C\C/C=C\C/C=C\CCCCCC(=O)OC[C@H](COP(=O)(O)OCCN)OC(=O)CCCCCC[C@@H]1[C@@H](/C=C/[C@@H](O)CCCCC)[C@H](O)C[C@@H]1O. The maximum Gasteiger partial charge on any atom is 0.472 e. The van der Waals surface area contributed by atoms with Gasteiger partial charge >= 0.3 is 19.8 Å². The molecule has 12 nitrogen and oxygen atoms in total. The van der Waals surface area contributed by atoms with Crippen molar-refractivity contribution >= 4 is 19.8 Å². The lowest BCUT2D eigenvalue weighted by Gasteiger charge is -2.21. The van der Waals surface area contributed by atoms with Crippen LogP contribution in [0.25, 0.3) is 0 Å². The van der Waals surface area contributed by atoms with E-state index in [4.69, 9.17) is 24.3 Å². The lowest BCUT2D eigenvalue weighted by Crippen LogP contribution is -2.29. The van der Waals surface area contributed by atoms with Crippen molar-refractivity contribution in [3.63, 3.8) is 0 Å². The van der Waals surface area contributed by atoms with Crippen LogP contribution < -0.4 is 5.73 Å². The van der Waals surface area contributed by atoms with Crippen molar-refractivity contribution in [1.82, 2.24) is 0 Å². The van der Waals surface area contributed by atoms with E-state index in [-0.39, 0.29) is 44.4 Å². The molecule has 6 N–H and O–H groups in total. The summed E-state index contributed by atoms with van der Waals surface area (Å²) in [4.78, 5) is 35.1. The predicted molar refractivity (Wildman–Crippen MR) is 240 cm³/mol. The van der Waals surface area contributed by atoms with Gasteiger partial charge in [-0.1, -0.05) is 132 Å². The molecule has 0 radical (unpaired) electrons. The summed E-state index contributed by atoms with van der Waals surface area (Å²) < 4.78 is 32.8. The molecule has 60 heavy (non-hydrogen) atoms. The molecule has 1 unspecified atom stereocenters. The van der Waals surface area contributed by atoms with E-state index in [2.05, 4.69) is 62.5 Å². The van der Waals surface area contributed by atoms with Crippen LogP contribution in [0, 0.1) is 11.8 Å². The Morgan fingerprint density at radius 2 is 1.28 bits per heavy atom. The summed E-state index contributed by atoms with van der Waals surface area (Å²) in [5, 5.41) is 31.4. The van der Waals surface area contributed by atoms with E-state index < -0.39 is 50.8 Å². The molecule has 7 atom stereocenters. The molecule has 346 valence electrons. The zero-order chi connectivity index (χ0) is 44.1. The molecular weight excluding hydrogens is 785 g/mol. The second-order valence-corrected chi connectivity index (χ2v) is 17.3. The van der Waals surface area contributed by atoms with Crippen molar-refractivity contribution in [3.8, 4) is 0 Å². The number of rotatable bonds is 38. The van der Waals surface area contributed by atoms with Gasteiger partial charge in [0.25, 0.3) is 0 Å². The van der Waals surface area contributed by atoms with E-state index in [9.17, 15) is 34.4 Å². The Bertz CT molecular complexity index is 1290. The molecule has 0 aromatic rings. The van der Waals surface area contributed by atoms with Gasteiger partial charge in [0, 0.05) is 31.7 Å².